The van der Waals surface area contributed by atoms with E-state index in [-0.39, 0.29) is 30.6 Å². The van der Waals surface area contributed by atoms with Crippen LogP contribution in [-0.2, 0) is 15.9 Å². The van der Waals surface area contributed by atoms with Crippen LogP contribution in [0, 0.1) is 0 Å². The lowest BCUT2D eigenvalue weighted by Crippen LogP contribution is -2.53. The minimum Gasteiger partial charge on any atom is -0.495 e. The predicted molar refractivity (Wildman–Crippen MR) is 137 cm³/mol. The van der Waals surface area contributed by atoms with Crippen molar-refractivity contribution >= 4 is 17.6 Å². The number of imide groups is 1. The maximum atomic E-state index is 13.2. The van der Waals surface area contributed by atoms with E-state index in [1.807, 2.05) is 13.8 Å². The molecule has 0 radical (unpaired) electrons. The summed E-state index contributed by atoms with van der Waals surface area (Å²) in [6, 6.07) is 8.19. The van der Waals surface area contributed by atoms with Crippen molar-refractivity contribution < 1.29 is 50.5 Å². The quantitative estimate of drug-likeness (QED) is 0.183. The molecule has 41 heavy (non-hydrogen) atoms. The van der Waals surface area contributed by atoms with Crippen LogP contribution in [0.2, 0.25) is 0 Å². The van der Waals surface area contributed by atoms with Gasteiger partial charge in [0.25, 0.3) is 11.5 Å². The summed E-state index contributed by atoms with van der Waals surface area (Å²) in [5.41, 5.74) is -7.11. The standard InChI is InChI=1S/C27H31F6N3O5/c1-16(2)41-19-10-7-17(8-11-19)24(3)22(37)36(23(38)35-24)14-6-5-13-34-20-12-9-18(15-21(20)40-4)25(39,26(28,29)30)27(31,32)33/h7-12,15-16,34,39H,5-6,13-14H2,1-4H3,(H,35,38). The topological polar surface area (TPSA) is 100 Å². The van der Waals surface area contributed by atoms with E-state index in [2.05, 4.69) is 10.6 Å². The molecule has 0 aliphatic carbocycles. The maximum Gasteiger partial charge on any atom is 0.430 e. The van der Waals surface area contributed by atoms with Gasteiger partial charge >= 0.3 is 18.4 Å². The van der Waals surface area contributed by atoms with Gasteiger partial charge in [-0.1, -0.05) is 18.2 Å². The average Bonchev–Trinajstić information content (AvgIpc) is 3.10. The lowest BCUT2D eigenvalue weighted by molar-refractivity contribution is -0.376. The highest BCUT2D eigenvalue weighted by Gasteiger charge is 2.71. The van der Waals surface area contributed by atoms with E-state index in [1.54, 1.807) is 31.2 Å². The Hall–Kier alpha value is -3.68. The number of carbonyl (C=O) groups excluding carboxylic acids is 2. The van der Waals surface area contributed by atoms with Crippen molar-refractivity contribution in [3.05, 3.63) is 53.6 Å². The third-order valence-electron chi connectivity index (χ3n) is 6.64. The molecule has 0 aromatic heterocycles. The number of alkyl halides is 6. The van der Waals surface area contributed by atoms with Gasteiger partial charge in [-0.2, -0.15) is 26.3 Å². The van der Waals surface area contributed by atoms with Crippen LogP contribution in [0.3, 0.4) is 0 Å². The molecule has 0 spiro atoms. The summed E-state index contributed by atoms with van der Waals surface area (Å²) >= 11 is 0. The summed E-state index contributed by atoms with van der Waals surface area (Å²) < 4.78 is 89.8. The van der Waals surface area contributed by atoms with Crippen molar-refractivity contribution in [2.45, 2.75) is 63.2 Å². The third-order valence-corrected chi connectivity index (χ3v) is 6.64. The van der Waals surface area contributed by atoms with Crippen LogP contribution < -0.4 is 20.1 Å². The molecule has 1 saturated heterocycles. The number of ether oxygens (including phenoxy) is 2. The summed E-state index contributed by atoms with van der Waals surface area (Å²) in [6.07, 6.45) is -11.3. The molecule has 3 N–H and O–H groups in total. The van der Waals surface area contributed by atoms with Crippen molar-refractivity contribution in [1.82, 2.24) is 10.2 Å². The monoisotopic (exact) mass is 591 g/mol. The first-order valence-corrected chi connectivity index (χ1v) is 12.6. The largest absolute Gasteiger partial charge is 0.495 e. The van der Waals surface area contributed by atoms with Gasteiger partial charge in [0.05, 0.1) is 18.9 Å². The van der Waals surface area contributed by atoms with E-state index in [4.69, 9.17) is 9.47 Å². The number of nitrogens with zero attached hydrogens (tertiary/aromatic N) is 1. The van der Waals surface area contributed by atoms with Gasteiger partial charge in [0.2, 0.25) is 0 Å². The average molecular weight is 592 g/mol. The minimum atomic E-state index is -6.02. The Kier molecular flexibility index (Phi) is 9.06. The zero-order valence-electron chi connectivity index (χ0n) is 22.7. The van der Waals surface area contributed by atoms with E-state index < -0.39 is 41.0 Å². The molecule has 1 aliphatic heterocycles. The fourth-order valence-corrected chi connectivity index (χ4v) is 4.40. The number of urea groups is 1. The second-order valence-electron chi connectivity index (χ2n) is 9.96. The van der Waals surface area contributed by atoms with Crippen molar-refractivity contribution in [2.24, 2.45) is 0 Å². The molecule has 1 fully saturated rings. The van der Waals surface area contributed by atoms with Crippen LogP contribution in [0.5, 0.6) is 11.5 Å². The Morgan fingerprint density at radius 3 is 2.15 bits per heavy atom. The number of halogens is 6. The molecule has 3 amide bonds. The molecule has 1 aliphatic rings. The molecule has 1 heterocycles. The van der Waals surface area contributed by atoms with Crippen LogP contribution in [-0.4, -0.2) is 60.6 Å². The number of rotatable bonds is 11. The summed E-state index contributed by atoms with van der Waals surface area (Å²) in [7, 11) is 1.06. The van der Waals surface area contributed by atoms with E-state index >= 15 is 0 Å². The highest BCUT2D eigenvalue weighted by atomic mass is 19.4. The highest BCUT2D eigenvalue weighted by Crippen LogP contribution is 2.51. The predicted octanol–water partition coefficient (Wildman–Crippen LogP) is 5.45. The number of benzene rings is 2. The van der Waals surface area contributed by atoms with Gasteiger partial charge in [-0.15, -0.1) is 0 Å². The number of anilines is 1. The number of nitrogens with one attached hydrogen (secondary N) is 2. The van der Waals surface area contributed by atoms with Crippen molar-refractivity contribution in [3.8, 4) is 11.5 Å². The molecule has 1 atom stereocenters. The number of carbonyl (C=O) groups is 2. The van der Waals surface area contributed by atoms with E-state index in [9.17, 15) is 41.0 Å². The molecular formula is C27H31F6N3O5. The second-order valence-corrected chi connectivity index (χ2v) is 9.96. The van der Waals surface area contributed by atoms with Crippen molar-refractivity contribution in [2.75, 3.05) is 25.5 Å². The smallest absolute Gasteiger partial charge is 0.430 e. The molecule has 14 heteroatoms. The number of unbranched alkanes of at least 4 members (excludes halogenated alkanes) is 1. The summed E-state index contributed by atoms with van der Waals surface area (Å²) in [6.45, 7) is 5.63. The molecule has 2 aromatic carbocycles. The number of hydrogen-bond donors (Lipinski definition) is 3. The molecule has 8 nitrogen and oxygen atoms in total. The van der Waals surface area contributed by atoms with Crippen LogP contribution in [0.1, 0.15) is 44.7 Å². The van der Waals surface area contributed by atoms with Gasteiger partial charge < -0.3 is 25.2 Å². The summed E-state index contributed by atoms with van der Waals surface area (Å²) in [4.78, 5) is 26.8. The van der Waals surface area contributed by atoms with Gasteiger partial charge in [-0.3, -0.25) is 9.69 Å². The number of aliphatic hydroxyl groups is 1. The Morgan fingerprint density at radius 1 is 1.00 bits per heavy atom. The molecule has 226 valence electrons. The lowest BCUT2D eigenvalue weighted by Gasteiger charge is -2.33. The van der Waals surface area contributed by atoms with Gasteiger partial charge in [0.1, 0.15) is 17.0 Å². The van der Waals surface area contributed by atoms with Crippen LogP contribution in [0.15, 0.2) is 42.5 Å². The number of amides is 3. The molecule has 0 bridgehead atoms. The van der Waals surface area contributed by atoms with Crippen LogP contribution in [0.4, 0.5) is 36.8 Å². The first kappa shape index (κ1) is 31.8. The highest BCUT2D eigenvalue weighted by molar-refractivity contribution is 6.07. The normalized spacial score (nSPS) is 18.1. The third kappa shape index (κ3) is 6.31. The fraction of sp³-hybridized carbons (Fsp3) is 0.481. The number of hydrogen-bond acceptors (Lipinski definition) is 6. The van der Waals surface area contributed by atoms with Gasteiger partial charge in [0, 0.05) is 18.7 Å². The maximum absolute atomic E-state index is 13.2. The SMILES string of the molecule is COc1cc(C(O)(C(F)(F)F)C(F)(F)F)ccc1NCCCCN1C(=O)NC(C)(c2ccc(OC(C)C)cc2)C1=O. The van der Waals surface area contributed by atoms with Gasteiger partial charge in [-0.05, 0) is 63.4 Å². The summed E-state index contributed by atoms with van der Waals surface area (Å²) in [5.74, 6) is -0.160. The van der Waals surface area contributed by atoms with Crippen molar-refractivity contribution in [3.63, 3.8) is 0 Å². The number of methoxy groups -OCH3 is 1. The second kappa shape index (κ2) is 11.7. The lowest BCUT2D eigenvalue weighted by atomic mass is 9.91. The Balaban J connectivity index is 1.60. The molecular weight excluding hydrogens is 560 g/mol. The summed E-state index contributed by atoms with van der Waals surface area (Å²) in [5, 5.41) is 15.2. The van der Waals surface area contributed by atoms with Crippen LogP contribution in [0.25, 0.3) is 0 Å². The van der Waals surface area contributed by atoms with Crippen molar-refractivity contribution in [1.29, 1.82) is 0 Å². The van der Waals surface area contributed by atoms with Gasteiger partial charge in [-0.25, -0.2) is 4.79 Å². The van der Waals surface area contributed by atoms with E-state index in [0.717, 1.165) is 18.1 Å². The first-order chi connectivity index (χ1) is 19.0. The van der Waals surface area contributed by atoms with E-state index in [0.29, 0.717) is 36.3 Å². The Morgan fingerprint density at radius 2 is 1.61 bits per heavy atom. The molecule has 2 aromatic rings. The molecule has 0 saturated carbocycles. The zero-order chi connectivity index (χ0) is 30.8. The first-order valence-electron chi connectivity index (χ1n) is 12.6. The Bertz CT molecular complexity index is 1240. The van der Waals surface area contributed by atoms with Crippen LogP contribution >= 0.6 is 0 Å². The molecule has 3 rings (SSSR count). The fourth-order valence-electron chi connectivity index (χ4n) is 4.40. The Labute approximate surface area is 232 Å². The zero-order valence-corrected chi connectivity index (χ0v) is 22.7. The van der Waals surface area contributed by atoms with Gasteiger partial charge in [0.15, 0.2) is 0 Å². The minimum absolute atomic E-state index is 0.0292. The molecule has 1 unspecified atom stereocenters. The van der Waals surface area contributed by atoms with E-state index in [1.165, 1.54) is 0 Å².